The van der Waals surface area contributed by atoms with Crippen LogP contribution in [0.25, 0.3) is 0 Å². The Kier molecular flexibility index (Phi) is 4.66. The van der Waals surface area contributed by atoms with Crippen LogP contribution in [-0.4, -0.2) is 30.8 Å². The van der Waals surface area contributed by atoms with Gasteiger partial charge in [-0.1, -0.05) is 6.92 Å². The highest BCUT2D eigenvalue weighted by molar-refractivity contribution is 5.77. The van der Waals surface area contributed by atoms with Crippen molar-refractivity contribution >= 4 is 5.96 Å². The smallest absolute Gasteiger partial charge is 0.188 e. The Labute approximate surface area is 61.1 Å². The van der Waals surface area contributed by atoms with Gasteiger partial charge in [-0.15, -0.1) is 0 Å². The SMILES string of the molecule is CC[C@H](CO)NC(N)=NC. The normalized spacial score (nSPS) is 14.9. The molecule has 0 aromatic carbocycles. The molecule has 0 unspecified atom stereocenters. The third-order valence-electron chi connectivity index (χ3n) is 1.31. The number of guanidine groups is 1. The summed E-state index contributed by atoms with van der Waals surface area (Å²) in [6, 6.07) is 0.0312. The Morgan fingerprint density at radius 1 is 1.80 bits per heavy atom. The minimum absolute atomic E-state index is 0.0312. The Bertz CT molecular complexity index is 110. The maximum absolute atomic E-state index is 8.70. The summed E-state index contributed by atoms with van der Waals surface area (Å²) in [5.41, 5.74) is 5.35. The number of aliphatic imine (C=N–C) groups is 1. The summed E-state index contributed by atoms with van der Waals surface area (Å²) < 4.78 is 0. The first-order valence-electron chi connectivity index (χ1n) is 3.34. The number of aliphatic hydroxyl groups excluding tert-OH is 1. The summed E-state index contributed by atoms with van der Waals surface area (Å²) in [6.07, 6.45) is 0.840. The predicted octanol–water partition coefficient (Wildman–Crippen LogP) is -0.709. The van der Waals surface area contributed by atoms with Gasteiger partial charge >= 0.3 is 0 Å². The number of rotatable bonds is 3. The van der Waals surface area contributed by atoms with Crippen LogP contribution in [0.1, 0.15) is 13.3 Å². The summed E-state index contributed by atoms with van der Waals surface area (Å²) in [4.78, 5) is 3.70. The molecule has 4 heteroatoms. The molecule has 4 N–H and O–H groups in total. The Morgan fingerprint density at radius 3 is 2.70 bits per heavy atom. The van der Waals surface area contributed by atoms with Gasteiger partial charge in [-0.25, -0.2) is 0 Å². The number of aliphatic hydroxyl groups is 1. The van der Waals surface area contributed by atoms with Crippen LogP contribution in [0.3, 0.4) is 0 Å². The van der Waals surface area contributed by atoms with Crippen molar-refractivity contribution in [3.05, 3.63) is 0 Å². The average Bonchev–Trinajstić information content (AvgIpc) is 1.99. The lowest BCUT2D eigenvalue weighted by Crippen LogP contribution is -2.41. The van der Waals surface area contributed by atoms with E-state index in [2.05, 4.69) is 10.3 Å². The molecule has 0 spiro atoms. The summed E-state index contributed by atoms with van der Waals surface area (Å²) >= 11 is 0. The lowest BCUT2D eigenvalue weighted by Gasteiger charge is -2.13. The van der Waals surface area contributed by atoms with E-state index in [9.17, 15) is 0 Å². The molecule has 0 saturated carbocycles. The third-order valence-corrected chi connectivity index (χ3v) is 1.31. The highest BCUT2D eigenvalue weighted by Crippen LogP contribution is 1.86. The largest absolute Gasteiger partial charge is 0.394 e. The molecular weight excluding hydrogens is 130 g/mol. The number of nitrogens with one attached hydrogen (secondary N) is 1. The molecule has 0 fully saturated rings. The van der Waals surface area contributed by atoms with Crippen molar-refractivity contribution in [3.63, 3.8) is 0 Å². The van der Waals surface area contributed by atoms with Crippen LogP contribution in [0, 0.1) is 0 Å². The summed E-state index contributed by atoms with van der Waals surface area (Å²) in [7, 11) is 1.60. The van der Waals surface area contributed by atoms with Crippen molar-refractivity contribution in [1.29, 1.82) is 0 Å². The Balaban J connectivity index is 3.63. The molecule has 0 bridgehead atoms. The maximum Gasteiger partial charge on any atom is 0.188 e. The van der Waals surface area contributed by atoms with Crippen molar-refractivity contribution < 1.29 is 5.11 Å². The molecule has 0 heterocycles. The molecule has 0 saturated heterocycles. The number of hydrogen-bond donors (Lipinski definition) is 3. The van der Waals surface area contributed by atoms with Crippen LogP contribution in [-0.2, 0) is 0 Å². The second-order valence-electron chi connectivity index (χ2n) is 2.04. The third kappa shape index (κ3) is 3.29. The number of nitrogens with zero attached hydrogens (tertiary/aromatic N) is 1. The highest BCUT2D eigenvalue weighted by atomic mass is 16.3. The second-order valence-corrected chi connectivity index (χ2v) is 2.04. The summed E-state index contributed by atoms with van der Waals surface area (Å²) in [5.74, 6) is 0.376. The quantitative estimate of drug-likeness (QED) is 0.363. The standard InChI is InChI=1S/C6H15N3O/c1-3-5(4-10)9-6(7)8-2/h5,10H,3-4H2,1-2H3,(H3,7,8,9)/t5-/m1/s1. The molecule has 0 amide bonds. The van der Waals surface area contributed by atoms with E-state index in [0.29, 0.717) is 5.96 Å². The average molecular weight is 145 g/mol. The molecular formula is C6H15N3O. The van der Waals surface area contributed by atoms with E-state index in [1.807, 2.05) is 6.92 Å². The fraction of sp³-hybridized carbons (Fsp3) is 0.833. The molecule has 0 radical (unpaired) electrons. The Morgan fingerprint density at radius 2 is 2.40 bits per heavy atom. The number of nitrogens with two attached hydrogens (primary N) is 1. The van der Waals surface area contributed by atoms with Crippen molar-refractivity contribution in [2.45, 2.75) is 19.4 Å². The van der Waals surface area contributed by atoms with Crippen LogP contribution in [0.4, 0.5) is 0 Å². The molecule has 1 atom stereocenters. The van der Waals surface area contributed by atoms with Crippen molar-refractivity contribution in [1.82, 2.24) is 5.32 Å². The van der Waals surface area contributed by atoms with Gasteiger partial charge in [-0.2, -0.15) is 0 Å². The van der Waals surface area contributed by atoms with Crippen molar-refractivity contribution in [2.24, 2.45) is 10.7 Å². The fourth-order valence-corrected chi connectivity index (χ4v) is 0.550. The summed E-state index contributed by atoms with van der Waals surface area (Å²) in [6.45, 7) is 2.06. The molecule has 10 heavy (non-hydrogen) atoms. The van der Waals surface area contributed by atoms with Crippen LogP contribution >= 0.6 is 0 Å². The van der Waals surface area contributed by atoms with Gasteiger partial charge in [0.25, 0.3) is 0 Å². The fourth-order valence-electron chi connectivity index (χ4n) is 0.550. The Hall–Kier alpha value is -0.770. The van der Waals surface area contributed by atoms with Crippen molar-refractivity contribution in [2.75, 3.05) is 13.7 Å². The van der Waals surface area contributed by atoms with Crippen LogP contribution < -0.4 is 11.1 Å². The van der Waals surface area contributed by atoms with Gasteiger partial charge in [0.05, 0.1) is 12.6 Å². The maximum atomic E-state index is 8.70. The second kappa shape index (κ2) is 5.05. The topological polar surface area (TPSA) is 70.6 Å². The van der Waals surface area contributed by atoms with Crippen LogP contribution in [0.2, 0.25) is 0 Å². The first-order valence-corrected chi connectivity index (χ1v) is 3.34. The first kappa shape index (κ1) is 9.23. The van der Waals surface area contributed by atoms with E-state index in [4.69, 9.17) is 10.8 Å². The zero-order valence-electron chi connectivity index (χ0n) is 6.46. The zero-order chi connectivity index (χ0) is 7.98. The molecule has 0 aliphatic rings. The van der Waals surface area contributed by atoms with Gasteiger partial charge in [0.2, 0.25) is 0 Å². The predicted molar refractivity (Wildman–Crippen MR) is 41.8 cm³/mol. The molecule has 0 aromatic rings. The van der Waals surface area contributed by atoms with E-state index in [1.54, 1.807) is 7.05 Å². The molecule has 60 valence electrons. The monoisotopic (exact) mass is 145 g/mol. The van der Waals surface area contributed by atoms with E-state index in [1.165, 1.54) is 0 Å². The molecule has 4 nitrogen and oxygen atoms in total. The molecule has 0 aromatic heterocycles. The van der Waals surface area contributed by atoms with E-state index in [-0.39, 0.29) is 12.6 Å². The number of hydrogen-bond acceptors (Lipinski definition) is 2. The van der Waals surface area contributed by atoms with Crippen molar-refractivity contribution in [3.8, 4) is 0 Å². The van der Waals surface area contributed by atoms with Gasteiger partial charge < -0.3 is 16.2 Å². The summed E-state index contributed by atoms with van der Waals surface area (Å²) in [5, 5.41) is 11.5. The first-order chi connectivity index (χ1) is 4.74. The van der Waals surface area contributed by atoms with Gasteiger partial charge in [0.15, 0.2) is 5.96 Å². The van der Waals surface area contributed by atoms with E-state index in [0.717, 1.165) is 6.42 Å². The van der Waals surface area contributed by atoms with Gasteiger partial charge in [0.1, 0.15) is 0 Å². The van der Waals surface area contributed by atoms with E-state index >= 15 is 0 Å². The molecule has 0 aliphatic heterocycles. The van der Waals surface area contributed by atoms with Gasteiger partial charge in [0, 0.05) is 7.05 Å². The van der Waals surface area contributed by atoms with E-state index < -0.39 is 0 Å². The highest BCUT2D eigenvalue weighted by Gasteiger charge is 2.02. The molecule has 0 aliphatic carbocycles. The van der Waals surface area contributed by atoms with Gasteiger partial charge in [-0.3, -0.25) is 4.99 Å². The molecule has 0 rings (SSSR count). The lowest BCUT2D eigenvalue weighted by atomic mass is 10.2. The minimum Gasteiger partial charge on any atom is -0.394 e. The van der Waals surface area contributed by atoms with Crippen LogP contribution in [0.5, 0.6) is 0 Å². The lowest BCUT2D eigenvalue weighted by molar-refractivity contribution is 0.252. The minimum atomic E-state index is 0.0312. The zero-order valence-corrected chi connectivity index (χ0v) is 6.46. The van der Waals surface area contributed by atoms with Crippen LogP contribution in [0.15, 0.2) is 4.99 Å². The van der Waals surface area contributed by atoms with Gasteiger partial charge in [-0.05, 0) is 6.42 Å².